The van der Waals surface area contributed by atoms with Crippen molar-refractivity contribution in [3.63, 3.8) is 0 Å². The lowest BCUT2D eigenvalue weighted by molar-refractivity contribution is 0.0740. The number of hydrogen-bond acceptors (Lipinski definition) is 6. The number of nitrogens with one attached hydrogen (secondary N) is 1. The van der Waals surface area contributed by atoms with Gasteiger partial charge in [0.15, 0.2) is 0 Å². The van der Waals surface area contributed by atoms with Gasteiger partial charge in [-0.05, 0) is 37.0 Å². The Labute approximate surface area is 238 Å². The summed E-state index contributed by atoms with van der Waals surface area (Å²) >= 11 is 6.29. The first-order valence-corrected chi connectivity index (χ1v) is 16.3. The van der Waals surface area contributed by atoms with Gasteiger partial charge in [0.05, 0.1) is 30.3 Å². The number of pyridine rings is 1. The standard InChI is InChI=1S/C26H33ClF2N3O6PS/c1-2-40(36)19-6-3-5-17(13-19)20-7-8-22(25-24(20)21-14-18(27)15-30-26(21)31-25)37-11-4-9-32(16-23(28)29)10-12-38-39(33,34)35/h3,5,7-8,14-15,17,19,23H,2,4,6,9-13,16H2,1H3,(H,30,31)(H2,33,34,35). The minimum Gasteiger partial charge on any atom is -0.491 e. The van der Waals surface area contributed by atoms with Crippen LogP contribution < -0.4 is 4.74 Å². The first-order chi connectivity index (χ1) is 19.1. The van der Waals surface area contributed by atoms with Crippen molar-refractivity contribution in [2.24, 2.45) is 0 Å². The van der Waals surface area contributed by atoms with Crippen LogP contribution in [0.3, 0.4) is 0 Å². The molecular weight excluding hydrogens is 587 g/mol. The Morgan fingerprint density at radius 3 is 2.83 bits per heavy atom. The summed E-state index contributed by atoms with van der Waals surface area (Å²) < 4.78 is 59.9. The maximum absolute atomic E-state index is 13.0. The normalized spacial score (nSPS) is 18.8. The van der Waals surface area contributed by atoms with Crippen LogP contribution in [0.5, 0.6) is 5.75 Å². The van der Waals surface area contributed by atoms with E-state index in [2.05, 4.69) is 26.6 Å². The van der Waals surface area contributed by atoms with Crippen LogP contribution in [0.2, 0.25) is 5.02 Å². The van der Waals surface area contributed by atoms with Crippen molar-refractivity contribution in [2.75, 3.05) is 38.6 Å². The van der Waals surface area contributed by atoms with E-state index in [0.717, 1.165) is 34.7 Å². The number of aromatic nitrogens is 2. The smallest absolute Gasteiger partial charge is 0.469 e. The number of aromatic amines is 1. The maximum atomic E-state index is 13.0. The molecule has 3 aromatic rings. The largest absolute Gasteiger partial charge is 0.491 e. The van der Waals surface area contributed by atoms with Gasteiger partial charge in [-0.15, -0.1) is 0 Å². The number of halogens is 3. The summed E-state index contributed by atoms with van der Waals surface area (Å²) in [5, 5.41) is 2.36. The van der Waals surface area contributed by atoms with Crippen LogP contribution in [0.25, 0.3) is 21.9 Å². The van der Waals surface area contributed by atoms with E-state index >= 15 is 0 Å². The summed E-state index contributed by atoms with van der Waals surface area (Å²) in [6.45, 7) is 1.41. The molecule has 2 heterocycles. The number of alkyl halides is 2. The lowest BCUT2D eigenvalue weighted by Crippen LogP contribution is -2.33. The van der Waals surface area contributed by atoms with E-state index < -0.39 is 31.6 Å². The van der Waals surface area contributed by atoms with Gasteiger partial charge < -0.3 is 19.5 Å². The van der Waals surface area contributed by atoms with Gasteiger partial charge in [0.1, 0.15) is 11.4 Å². The number of nitrogens with zero attached hydrogens (tertiary/aromatic N) is 2. The molecule has 0 bridgehead atoms. The fraction of sp³-hybridized carbons (Fsp3) is 0.500. The van der Waals surface area contributed by atoms with E-state index in [1.165, 1.54) is 4.90 Å². The molecule has 14 heteroatoms. The van der Waals surface area contributed by atoms with E-state index in [1.54, 1.807) is 6.20 Å². The molecule has 0 fully saturated rings. The fourth-order valence-corrected chi connectivity index (χ4v) is 6.77. The summed E-state index contributed by atoms with van der Waals surface area (Å²) in [6.07, 6.45) is 5.16. The number of phosphoric acid groups is 1. The number of H-pyrrole nitrogens is 1. The Balaban J connectivity index is 1.53. The second-order valence-electron chi connectivity index (χ2n) is 9.59. The summed E-state index contributed by atoms with van der Waals surface area (Å²) in [5.74, 6) is 1.25. The van der Waals surface area contributed by atoms with Crippen molar-refractivity contribution >= 4 is 52.2 Å². The topological polar surface area (TPSA) is 125 Å². The second-order valence-corrected chi connectivity index (χ2v) is 13.3. The van der Waals surface area contributed by atoms with Crippen molar-refractivity contribution in [2.45, 2.75) is 43.8 Å². The molecule has 220 valence electrons. The van der Waals surface area contributed by atoms with Gasteiger partial charge in [-0.3, -0.25) is 13.6 Å². The molecule has 9 nitrogen and oxygen atoms in total. The molecule has 2 aromatic heterocycles. The molecular formula is C26H33ClF2N3O6PS. The highest BCUT2D eigenvalue weighted by molar-refractivity contribution is 7.85. The van der Waals surface area contributed by atoms with Crippen molar-refractivity contribution in [3.8, 4) is 5.75 Å². The summed E-state index contributed by atoms with van der Waals surface area (Å²) in [5.41, 5.74) is 2.45. The maximum Gasteiger partial charge on any atom is 0.469 e. The fourth-order valence-electron chi connectivity index (χ4n) is 5.07. The second kappa shape index (κ2) is 13.8. The van der Waals surface area contributed by atoms with Gasteiger partial charge in [-0.25, -0.2) is 18.3 Å². The van der Waals surface area contributed by atoms with Crippen LogP contribution in [0.15, 0.2) is 36.5 Å². The summed E-state index contributed by atoms with van der Waals surface area (Å²) in [6, 6.07) is 5.72. The molecule has 0 aliphatic heterocycles. The van der Waals surface area contributed by atoms with Crippen molar-refractivity contribution in [1.82, 2.24) is 14.9 Å². The van der Waals surface area contributed by atoms with Gasteiger partial charge in [0.2, 0.25) is 0 Å². The lowest BCUT2D eigenvalue weighted by Gasteiger charge is -2.25. The van der Waals surface area contributed by atoms with Gasteiger partial charge in [-0.1, -0.05) is 36.7 Å². The number of allylic oxidation sites excluding steroid dienone is 2. The van der Waals surface area contributed by atoms with Crippen LogP contribution in [-0.4, -0.2) is 79.1 Å². The molecule has 1 aliphatic rings. The predicted molar refractivity (Wildman–Crippen MR) is 153 cm³/mol. The molecule has 3 N–H and O–H groups in total. The van der Waals surface area contributed by atoms with Crippen molar-refractivity contribution < 1.29 is 36.6 Å². The zero-order valence-corrected chi connectivity index (χ0v) is 24.4. The first kappa shape index (κ1) is 31.0. The molecule has 0 saturated heterocycles. The van der Waals surface area contributed by atoms with Crippen LogP contribution in [0.4, 0.5) is 8.78 Å². The average Bonchev–Trinajstić information content (AvgIpc) is 3.28. The predicted octanol–water partition coefficient (Wildman–Crippen LogP) is 5.39. The van der Waals surface area contributed by atoms with Crippen molar-refractivity contribution in [3.05, 3.63) is 47.1 Å². The van der Waals surface area contributed by atoms with Crippen LogP contribution in [0.1, 0.15) is 37.7 Å². The van der Waals surface area contributed by atoms with Gasteiger partial charge >= 0.3 is 7.82 Å². The van der Waals surface area contributed by atoms with Crippen molar-refractivity contribution in [1.29, 1.82) is 0 Å². The quantitative estimate of drug-likeness (QED) is 0.125. The molecule has 4 rings (SSSR count). The van der Waals surface area contributed by atoms with Crippen LogP contribution in [-0.2, 0) is 19.9 Å². The lowest BCUT2D eigenvalue weighted by atomic mass is 9.86. The zero-order chi connectivity index (χ0) is 28.9. The molecule has 1 aliphatic carbocycles. The number of ether oxygens (including phenoxy) is 1. The Hall–Kier alpha value is -1.92. The first-order valence-electron chi connectivity index (χ1n) is 13.0. The van der Waals surface area contributed by atoms with Crippen LogP contribution >= 0.6 is 19.4 Å². The zero-order valence-electron chi connectivity index (χ0n) is 22.0. The number of fused-ring (bicyclic) bond motifs is 3. The van der Waals surface area contributed by atoms with E-state index in [4.69, 9.17) is 26.1 Å². The van der Waals surface area contributed by atoms with E-state index in [9.17, 15) is 17.6 Å². The summed E-state index contributed by atoms with van der Waals surface area (Å²) in [4.78, 5) is 26.8. The molecule has 3 unspecified atom stereocenters. The highest BCUT2D eigenvalue weighted by Gasteiger charge is 2.26. The average molecular weight is 620 g/mol. The monoisotopic (exact) mass is 619 g/mol. The van der Waals surface area contributed by atoms with Gasteiger partial charge in [0.25, 0.3) is 6.43 Å². The molecule has 0 spiro atoms. The molecule has 0 amide bonds. The molecule has 3 atom stereocenters. The third kappa shape index (κ3) is 8.09. The number of hydrogen-bond donors (Lipinski definition) is 3. The molecule has 1 aromatic carbocycles. The Bertz CT molecular complexity index is 1420. The number of benzene rings is 1. The number of phosphoric ester groups is 1. The minimum absolute atomic E-state index is 0.0540. The Morgan fingerprint density at radius 1 is 1.30 bits per heavy atom. The molecule has 0 radical (unpaired) electrons. The SMILES string of the molecule is CCS(=O)C1CC=CC(c2ccc(OCCCN(CCOP(=O)(O)O)CC(F)F)c3[nH]c4ncc(Cl)cc4c23)C1. The highest BCUT2D eigenvalue weighted by Crippen LogP contribution is 2.41. The van der Waals surface area contributed by atoms with Gasteiger partial charge in [0, 0.05) is 57.8 Å². The Morgan fingerprint density at radius 2 is 2.10 bits per heavy atom. The third-order valence-corrected chi connectivity index (χ3v) is 9.27. The van der Waals surface area contributed by atoms with Gasteiger partial charge in [-0.2, -0.15) is 0 Å². The van der Waals surface area contributed by atoms with E-state index in [0.29, 0.717) is 28.6 Å². The minimum atomic E-state index is -4.67. The van der Waals surface area contributed by atoms with E-state index in [1.807, 2.05) is 25.1 Å². The third-order valence-electron chi connectivity index (χ3n) is 6.85. The molecule has 40 heavy (non-hydrogen) atoms. The van der Waals surface area contributed by atoms with E-state index in [-0.39, 0.29) is 37.5 Å². The Kier molecular flexibility index (Phi) is 10.7. The highest BCUT2D eigenvalue weighted by atomic mass is 35.5. The van der Waals surface area contributed by atoms with Crippen LogP contribution in [0, 0.1) is 0 Å². The number of rotatable bonds is 14. The summed E-state index contributed by atoms with van der Waals surface area (Å²) in [7, 11) is -5.57. The molecule has 0 saturated carbocycles.